The first-order chi connectivity index (χ1) is 10.4. The van der Waals surface area contributed by atoms with Crippen LogP contribution in [0.5, 0.6) is 0 Å². The van der Waals surface area contributed by atoms with E-state index in [0.717, 1.165) is 39.0 Å². The highest BCUT2D eigenvalue weighted by atomic mass is 16.6. The molecule has 0 spiro atoms. The van der Waals surface area contributed by atoms with Crippen molar-refractivity contribution >= 4 is 6.09 Å². The first-order valence-corrected chi connectivity index (χ1v) is 8.01. The first kappa shape index (κ1) is 16.7. The minimum Gasteiger partial charge on any atom is -0.444 e. The average molecular weight is 305 g/mol. The highest BCUT2D eigenvalue weighted by Crippen LogP contribution is 2.19. The van der Waals surface area contributed by atoms with Crippen molar-refractivity contribution in [3.8, 4) is 0 Å². The third kappa shape index (κ3) is 5.64. The van der Waals surface area contributed by atoms with Crippen LogP contribution in [0.3, 0.4) is 0 Å². The van der Waals surface area contributed by atoms with Gasteiger partial charge in [-0.05, 0) is 63.8 Å². The van der Waals surface area contributed by atoms with E-state index in [-0.39, 0.29) is 6.09 Å². The minimum absolute atomic E-state index is 0.189. The van der Waals surface area contributed by atoms with E-state index in [2.05, 4.69) is 10.3 Å². The Morgan fingerprint density at radius 1 is 1.41 bits per heavy atom. The van der Waals surface area contributed by atoms with Crippen LogP contribution in [0.1, 0.15) is 39.2 Å². The number of hydrogen-bond donors (Lipinski definition) is 1. The van der Waals surface area contributed by atoms with Gasteiger partial charge in [0.25, 0.3) is 0 Å². The van der Waals surface area contributed by atoms with Crippen molar-refractivity contribution in [3.63, 3.8) is 0 Å². The Morgan fingerprint density at radius 3 is 2.82 bits per heavy atom. The summed E-state index contributed by atoms with van der Waals surface area (Å²) in [6, 6.07) is 4.03. The maximum absolute atomic E-state index is 12.1. The Morgan fingerprint density at radius 2 is 2.14 bits per heavy atom. The van der Waals surface area contributed by atoms with Crippen molar-refractivity contribution < 1.29 is 9.53 Å². The number of likely N-dealkylation sites (tertiary alicyclic amines) is 1. The quantitative estimate of drug-likeness (QED) is 0.929. The Kier molecular flexibility index (Phi) is 5.77. The monoisotopic (exact) mass is 305 g/mol. The fourth-order valence-corrected chi connectivity index (χ4v) is 2.65. The number of nitrogens with one attached hydrogen (secondary N) is 1. The molecule has 0 aliphatic carbocycles. The zero-order valence-electron chi connectivity index (χ0n) is 13.8. The molecular weight excluding hydrogens is 278 g/mol. The smallest absolute Gasteiger partial charge is 0.410 e. The van der Waals surface area contributed by atoms with Gasteiger partial charge in [0.05, 0.1) is 0 Å². The van der Waals surface area contributed by atoms with Gasteiger partial charge in [-0.2, -0.15) is 0 Å². The summed E-state index contributed by atoms with van der Waals surface area (Å²) in [7, 11) is 0. The van der Waals surface area contributed by atoms with Gasteiger partial charge in [-0.25, -0.2) is 4.79 Å². The molecule has 0 aromatic carbocycles. The predicted octanol–water partition coefficient (Wildman–Crippen LogP) is 2.82. The topological polar surface area (TPSA) is 54.5 Å². The zero-order valence-corrected chi connectivity index (χ0v) is 13.8. The fourth-order valence-electron chi connectivity index (χ4n) is 2.65. The summed E-state index contributed by atoms with van der Waals surface area (Å²) < 4.78 is 5.46. The number of carbonyl (C=O) groups is 1. The predicted molar refractivity (Wildman–Crippen MR) is 86.5 cm³/mol. The molecule has 1 N–H and O–H groups in total. The van der Waals surface area contributed by atoms with Crippen LogP contribution in [0.2, 0.25) is 0 Å². The summed E-state index contributed by atoms with van der Waals surface area (Å²) in [6.45, 7) is 9.05. The van der Waals surface area contributed by atoms with Gasteiger partial charge in [-0.3, -0.25) is 4.98 Å². The number of amides is 1. The molecule has 1 atom stereocenters. The summed E-state index contributed by atoms with van der Waals surface area (Å²) in [6.07, 6.45) is 5.62. The van der Waals surface area contributed by atoms with E-state index in [1.54, 1.807) is 0 Å². The molecule has 1 saturated heterocycles. The van der Waals surface area contributed by atoms with E-state index in [4.69, 9.17) is 4.74 Å². The Hall–Kier alpha value is -1.62. The summed E-state index contributed by atoms with van der Waals surface area (Å²) in [5.41, 5.74) is 0.804. The minimum atomic E-state index is -0.427. The SMILES string of the molecule is CC(C)(C)OC(=O)N1CCC[C@@H](CNCc2ccncc2)C1. The van der Waals surface area contributed by atoms with Crippen molar-refractivity contribution in [2.75, 3.05) is 19.6 Å². The van der Waals surface area contributed by atoms with E-state index < -0.39 is 5.60 Å². The largest absolute Gasteiger partial charge is 0.444 e. The van der Waals surface area contributed by atoms with Crippen LogP contribution < -0.4 is 5.32 Å². The number of carbonyl (C=O) groups excluding carboxylic acids is 1. The second-order valence-corrected chi connectivity index (χ2v) is 6.92. The van der Waals surface area contributed by atoms with Crippen molar-refractivity contribution in [3.05, 3.63) is 30.1 Å². The van der Waals surface area contributed by atoms with Crippen LogP contribution >= 0.6 is 0 Å². The molecule has 1 aliphatic rings. The Bertz CT molecular complexity index is 471. The molecule has 1 aromatic rings. The third-order valence-electron chi connectivity index (χ3n) is 3.68. The molecule has 122 valence electrons. The number of pyridine rings is 1. The molecule has 1 aromatic heterocycles. The number of aromatic nitrogens is 1. The molecule has 0 bridgehead atoms. The number of hydrogen-bond acceptors (Lipinski definition) is 4. The van der Waals surface area contributed by atoms with E-state index in [1.807, 2.05) is 50.2 Å². The van der Waals surface area contributed by atoms with Crippen LogP contribution in [0.4, 0.5) is 4.79 Å². The lowest BCUT2D eigenvalue weighted by Crippen LogP contribution is -2.44. The van der Waals surface area contributed by atoms with E-state index >= 15 is 0 Å². The molecule has 1 aliphatic heterocycles. The van der Waals surface area contributed by atoms with Crippen LogP contribution in [0, 0.1) is 5.92 Å². The van der Waals surface area contributed by atoms with Crippen LogP contribution in [-0.4, -0.2) is 41.2 Å². The second kappa shape index (κ2) is 7.58. The molecular formula is C17H27N3O2. The molecule has 22 heavy (non-hydrogen) atoms. The van der Waals surface area contributed by atoms with E-state index in [0.29, 0.717) is 5.92 Å². The van der Waals surface area contributed by atoms with Crippen molar-refractivity contribution in [1.82, 2.24) is 15.2 Å². The molecule has 0 saturated carbocycles. The highest BCUT2D eigenvalue weighted by Gasteiger charge is 2.27. The zero-order chi connectivity index (χ0) is 16.0. The maximum Gasteiger partial charge on any atom is 0.410 e. The van der Waals surface area contributed by atoms with Gasteiger partial charge in [-0.15, -0.1) is 0 Å². The van der Waals surface area contributed by atoms with Gasteiger partial charge in [0.1, 0.15) is 5.60 Å². The summed E-state index contributed by atoms with van der Waals surface area (Å²) in [5, 5.41) is 3.47. The normalized spacial score (nSPS) is 19.0. The number of ether oxygens (including phenoxy) is 1. The molecule has 2 rings (SSSR count). The van der Waals surface area contributed by atoms with Gasteiger partial charge in [0, 0.05) is 32.0 Å². The lowest BCUT2D eigenvalue weighted by molar-refractivity contribution is 0.0166. The van der Waals surface area contributed by atoms with Crippen molar-refractivity contribution in [2.45, 2.75) is 45.8 Å². The average Bonchev–Trinajstić information content (AvgIpc) is 2.47. The van der Waals surface area contributed by atoms with E-state index in [9.17, 15) is 4.79 Å². The highest BCUT2D eigenvalue weighted by molar-refractivity contribution is 5.68. The lowest BCUT2D eigenvalue weighted by Gasteiger charge is -2.34. The molecule has 2 heterocycles. The lowest BCUT2D eigenvalue weighted by atomic mass is 9.98. The molecule has 1 fully saturated rings. The van der Waals surface area contributed by atoms with Crippen LogP contribution in [0.15, 0.2) is 24.5 Å². The van der Waals surface area contributed by atoms with Gasteiger partial charge in [-0.1, -0.05) is 0 Å². The van der Waals surface area contributed by atoms with Gasteiger partial charge in [0.15, 0.2) is 0 Å². The summed E-state index contributed by atoms with van der Waals surface area (Å²) in [4.78, 5) is 18.0. The number of nitrogens with zero attached hydrogens (tertiary/aromatic N) is 2. The second-order valence-electron chi connectivity index (χ2n) is 6.92. The first-order valence-electron chi connectivity index (χ1n) is 8.01. The van der Waals surface area contributed by atoms with Gasteiger partial charge >= 0.3 is 6.09 Å². The maximum atomic E-state index is 12.1. The fraction of sp³-hybridized carbons (Fsp3) is 0.647. The molecule has 1 amide bonds. The van der Waals surface area contributed by atoms with Crippen LogP contribution in [-0.2, 0) is 11.3 Å². The van der Waals surface area contributed by atoms with Crippen molar-refractivity contribution in [2.24, 2.45) is 5.92 Å². The van der Waals surface area contributed by atoms with E-state index in [1.165, 1.54) is 5.56 Å². The van der Waals surface area contributed by atoms with Crippen LogP contribution in [0.25, 0.3) is 0 Å². The standard InChI is InChI=1S/C17H27N3O2/c1-17(2,3)22-16(21)20-10-4-5-15(13-20)12-19-11-14-6-8-18-9-7-14/h6-9,15,19H,4-5,10-13H2,1-3H3/t15-/m0/s1. The Labute approximate surface area is 133 Å². The van der Waals surface area contributed by atoms with Gasteiger partial charge < -0.3 is 15.0 Å². The molecule has 0 unspecified atom stereocenters. The number of rotatable bonds is 4. The third-order valence-corrected chi connectivity index (χ3v) is 3.68. The molecule has 5 heteroatoms. The van der Waals surface area contributed by atoms with Gasteiger partial charge in [0.2, 0.25) is 0 Å². The van der Waals surface area contributed by atoms with Crippen molar-refractivity contribution in [1.29, 1.82) is 0 Å². The number of piperidine rings is 1. The Balaban J connectivity index is 1.75. The summed E-state index contributed by atoms with van der Waals surface area (Å²) in [5.74, 6) is 0.489. The molecule has 5 nitrogen and oxygen atoms in total. The summed E-state index contributed by atoms with van der Waals surface area (Å²) >= 11 is 0. The molecule has 0 radical (unpaired) electrons.